The number of hydrogen-bond donors (Lipinski definition) is 0. The standard InChI is InChI=1S/C16H28N6/c1-11-12(2)20(6)15(19(11)5)17-9-10-18-16-21(7)13(3)14(4)22(16)8/h9-10H2,1-8H3. The fourth-order valence-corrected chi connectivity index (χ4v) is 2.75. The van der Waals surface area contributed by atoms with E-state index in [1.165, 1.54) is 22.8 Å². The first-order valence-electron chi connectivity index (χ1n) is 7.66. The van der Waals surface area contributed by atoms with Crippen molar-refractivity contribution in [3.63, 3.8) is 0 Å². The Morgan fingerprint density at radius 2 is 0.773 bits per heavy atom. The van der Waals surface area contributed by atoms with Gasteiger partial charge < -0.3 is 18.3 Å². The molecule has 0 aliphatic rings. The van der Waals surface area contributed by atoms with Gasteiger partial charge in [0.1, 0.15) is 0 Å². The van der Waals surface area contributed by atoms with Crippen LogP contribution in [0.3, 0.4) is 0 Å². The first-order valence-corrected chi connectivity index (χ1v) is 7.66. The largest absolute Gasteiger partial charge is 0.318 e. The Labute approximate surface area is 132 Å². The summed E-state index contributed by atoms with van der Waals surface area (Å²) in [4.78, 5) is 9.41. The van der Waals surface area contributed by atoms with Gasteiger partial charge in [0.25, 0.3) is 0 Å². The average molecular weight is 304 g/mol. The van der Waals surface area contributed by atoms with Crippen LogP contribution >= 0.6 is 0 Å². The molecule has 0 fully saturated rings. The summed E-state index contributed by atoms with van der Waals surface area (Å²) in [7, 11) is 8.23. The highest BCUT2D eigenvalue weighted by molar-refractivity contribution is 5.10. The van der Waals surface area contributed by atoms with Crippen LogP contribution in [0.2, 0.25) is 0 Å². The van der Waals surface area contributed by atoms with Crippen LogP contribution in [0, 0.1) is 27.7 Å². The lowest BCUT2D eigenvalue weighted by atomic mass is 10.4. The molecule has 22 heavy (non-hydrogen) atoms. The summed E-state index contributed by atoms with van der Waals surface area (Å²) < 4.78 is 8.52. The first-order chi connectivity index (χ1) is 10.3. The molecule has 0 atom stereocenters. The Hall–Kier alpha value is -1.98. The van der Waals surface area contributed by atoms with Gasteiger partial charge in [0, 0.05) is 51.0 Å². The SMILES string of the molecule is Cc1c(C)n(C)c(=NCCN=c2n(C)c(C)c(C)n2C)n1C. The Kier molecular flexibility index (Phi) is 4.49. The van der Waals surface area contributed by atoms with Crippen molar-refractivity contribution in [1.29, 1.82) is 0 Å². The summed E-state index contributed by atoms with van der Waals surface area (Å²) in [6.07, 6.45) is 0. The quantitative estimate of drug-likeness (QED) is 0.752. The van der Waals surface area contributed by atoms with Crippen LogP contribution in [-0.4, -0.2) is 31.4 Å². The molecule has 122 valence electrons. The molecule has 0 aromatic carbocycles. The van der Waals surface area contributed by atoms with E-state index in [1.54, 1.807) is 0 Å². The van der Waals surface area contributed by atoms with Gasteiger partial charge in [-0.2, -0.15) is 0 Å². The van der Waals surface area contributed by atoms with Crippen molar-refractivity contribution in [1.82, 2.24) is 18.3 Å². The molecule has 0 bridgehead atoms. The normalized spacial score (nSPS) is 11.1. The number of aromatic nitrogens is 4. The van der Waals surface area contributed by atoms with Gasteiger partial charge in [0.15, 0.2) is 0 Å². The minimum Gasteiger partial charge on any atom is -0.318 e. The maximum absolute atomic E-state index is 4.70. The second kappa shape index (κ2) is 6.02. The summed E-state index contributed by atoms with van der Waals surface area (Å²) in [6, 6.07) is 0. The van der Waals surface area contributed by atoms with Crippen LogP contribution in [0.1, 0.15) is 22.8 Å². The van der Waals surface area contributed by atoms with Gasteiger partial charge in [0.2, 0.25) is 11.2 Å². The molecule has 0 amide bonds. The van der Waals surface area contributed by atoms with Crippen molar-refractivity contribution >= 4 is 0 Å². The lowest BCUT2D eigenvalue weighted by molar-refractivity contribution is 0.683. The molecular formula is C16H28N6. The second-order valence-electron chi connectivity index (χ2n) is 5.94. The third-order valence-electron chi connectivity index (χ3n) is 4.87. The predicted molar refractivity (Wildman–Crippen MR) is 88.6 cm³/mol. The van der Waals surface area contributed by atoms with Crippen molar-refractivity contribution in [2.75, 3.05) is 13.1 Å². The van der Waals surface area contributed by atoms with Crippen LogP contribution in [0.25, 0.3) is 0 Å². The zero-order valence-corrected chi connectivity index (χ0v) is 15.1. The summed E-state index contributed by atoms with van der Waals surface area (Å²) in [5.74, 6) is 0. The summed E-state index contributed by atoms with van der Waals surface area (Å²) >= 11 is 0. The molecule has 0 unspecified atom stereocenters. The molecule has 2 aromatic rings. The maximum Gasteiger partial charge on any atom is 0.204 e. The van der Waals surface area contributed by atoms with Crippen molar-refractivity contribution in [2.45, 2.75) is 27.7 Å². The number of nitrogens with zero attached hydrogens (tertiary/aromatic N) is 6. The molecule has 0 N–H and O–H groups in total. The molecule has 2 aromatic heterocycles. The second-order valence-corrected chi connectivity index (χ2v) is 5.94. The summed E-state index contributed by atoms with van der Waals surface area (Å²) in [6.45, 7) is 9.85. The molecule has 2 rings (SSSR count). The molecule has 0 saturated carbocycles. The topological polar surface area (TPSA) is 44.4 Å². The highest BCUT2D eigenvalue weighted by Crippen LogP contribution is 2.01. The molecule has 2 heterocycles. The van der Waals surface area contributed by atoms with E-state index in [0.717, 1.165) is 11.2 Å². The van der Waals surface area contributed by atoms with E-state index >= 15 is 0 Å². The zero-order chi connectivity index (χ0) is 16.6. The Morgan fingerprint density at radius 3 is 1.00 bits per heavy atom. The van der Waals surface area contributed by atoms with E-state index in [1.807, 2.05) is 0 Å². The highest BCUT2D eigenvalue weighted by atomic mass is 15.2. The summed E-state index contributed by atoms with van der Waals surface area (Å²) in [5, 5.41) is 0. The van der Waals surface area contributed by atoms with Gasteiger partial charge in [-0.3, -0.25) is 9.98 Å². The minimum absolute atomic E-state index is 0.688. The van der Waals surface area contributed by atoms with Gasteiger partial charge in [-0.1, -0.05) is 0 Å². The molecule has 0 aliphatic carbocycles. The third kappa shape index (κ3) is 2.58. The number of imidazole rings is 2. The third-order valence-corrected chi connectivity index (χ3v) is 4.87. The van der Waals surface area contributed by atoms with Crippen LogP contribution in [0.4, 0.5) is 0 Å². The number of hydrogen-bond acceptors (Lipinski definition) is 2. The monoisotopic (exact) mass is 304 g/mol. The lowest BCUT2D eigenvalue weighted by Crippen LogP contribution is -2.25. The van der Waals surface area contributed by atoms with E-state index in [0.29, 0.717) is 13.1 Å². The van der Waals surface area contributed by atoms with Crippen LogP contribution < -0.4 is 11.2 Å². The lowest BCUT2D eigenvalue weighted by Gasteiger charge is -1.98. The maximum atomic E-state index is 4.70. The molecule has 0 radical (unpaired) electrons. The zero-order valence-electron chi connectivity index (χ0n) is 15.1. The van der Waals surface area contributed by atoms with E-state index in [-0.39, 0.29) is 0 Å². The molecule has 6 nitrogen and oxygen atoms in total. The smallest absolute Gasteiger partial charge is 0.204 e. The predicted octanol–water partition coefficient (Wildman–Crippen LogP) is 0.776. The van der Waals surface area contributed by atoms with Crippen molar-refractivity contribution in [3.05, 3.63) is 34.0 Å². The fourth-order valence-electron chi connectivity index (χ4n) is 2.75. The number of rotatable bonds is 3. The van der Waals surface area contributed by atoms with Crippen LogP contribution in [0.15, 0.2) is 9.98 Å². The van der Waals surface area contributed by atoms with E-state index < -0.39 is 0 Å². The van der Waals surface area contributed by atoms with E-state index in [4.69, 9.17) is 9.98 Å². The Bertz CT molecular complexity index is 695. The minimum atomic E-state index is 0.688. The molecule has 0 spiro atoms. The first kappa shape index (κ1) is 16.4. The van der Waals surface area contributed by atoms with Crippen molar-refractivity contribution in [2.24, 2.45) is 38.2 Å². The Morgan fingerprint density at radius 1 is 0.545 bits per heavy atom. The van der Waals surface area contributed by atoms with Crippen LogP contribution in [0.5, 0.6) is 0 Å². The van der Waals surface area contributed by atoms with Gasteiger partial charge in [-0.15, -0.1) is 0 Å². The van der Waals surface area contributed by atoms with Gasteiger partial charge in [-0.05, 0) is 27.7 Å². The van der Waals surface area contributed by atoms with Crippen LogP contribution in [-0.2, 0) is 28.2 Å². The molecule has 0 aliphatic heterocycles. The Balaban J connectivity index is 2.26. The molecule has 6 heteroatoms. The van der Waals surface area contributed by atoms with E-state index in [9.17, 15) is 0 Å². The average Bonchev–Trinajstić information content (AvgIpc) is 2.79. The molecular weight excluding hydrogens is 276 g/mol. The van der Waals surface area contributed by atoms with Crippen molar-refractivity contribution < 1.29 is 0 Å². The highest BCUT2D eigenvalue weighted by Gasteiger charge is 2.06. The van der Waals surface area contributed by atoms with Crippen molar-refractivity contribution in [3.8, 4) is 0 Å². The summed E-state index contributed by atoms with van der Waals surface area (Å²) in [5.41, 5.74) is 6.98. The van der Waals surface area contributed by atoms with Gasteiger partial charge >= 0.3 is 0 Å². The van der Waals surface area contributed by atoms with E-state index in [2.05, 4.69) is 74.2 Å². The fraction of sp³-hybridized carbons (Fsp3) is 0.625. The van der Waals surface area contributed by atoms with Gasteiger partial charge in [-0.25, -0.2) is 0 Å². The van der Waals surface area contributed by atoms with Gasteiger partial charge in [0.05, 0.1) is 13.1 Å². The molecule has 0 saturated heterocycles.